The van der Waals surface area contributed by atoms with Gasteiger partial charge in [0.2, 0.25) is 6.10 Å². The number of unbranched alkanes of at least 4 members (excludes halogenated alkanes) is 2. The SMILES string of the molecule is CCN(CC)CCCCCc1cccc2c1NC(=O)C(c1ccccc1)O2. The molecule has 4 heteroatoms. The first kappa shape index (κ1) is 19.4. The number of rotatable bonds is 9. The highest BCUT2D eigenvalue weighted by molar-refractivity contribution is 5.99. The number of aryl methyl sites for hydroxylation is 1. The summed E-state index contributed by atoms with van der Waals surface area (Å²) in [6.45, 7) is 7.83. The third-order valence-corrected chi connectivity index (χ3v) is 5.26. The number of para-hydroxylation sites is 1. The summed E-state index contributed by atoms with van der Waals surface area (Å²) < 4.78 is 6.04. The lowest BCUT2D eigenvalue weighted by Gasteiger charge is -2.27. The van der Waals surface area contributed by atoms with Gasteiger partial charge in [-0.05, 0) is 50.5 Å². The standard InChI is InChI=1S/C23H30N2O2/c1-3-25(4-2)17-10-6-9-12-18-15-11-16-20-21(18)24-23(26)22(27-20)19-13-7-5-8-14-19/h5,7-8,11,13-16,22H,3-4,6,9-10,12,17H2,1-2H3,(H,24,26). The first-order valence-electron chi connectivity index (χ1n) is 10.1. The van der Waals surface area contributed by atoms with Crippen LogP contribution in [-0.4, -0.2) is 30.4 Å². The molecule has 0 radical (unpaired) electrons. The van der Waals surface area contributed by atoms with E-state index in [2.05, 4.69) is 30.1 Å². The molecule has 3 rings (SSSR count). The van der Waals surface area contributed by atoms with Gasteiger partial charge in [-0.25, -0.2) is 0 Å². The zero-order chi connectivity index (χ0) is 19.1. The van der Waals surface area contributed by atoms with Crippen LogP contribution in [0.15, 0.2) is 48.5 Å². The third-order valence-electron chi connectivity index (χ3n) is 5.26. The molecule has 1 aliphatic rings. The van der Waals surface area contributed by atoms with Crippen LogP contribution in [0.4, 0.5) is 5.69 Å². The molecule has 1 atom stereocenters. The number of ether oxygens (including phenoxy) is 1. The van der Waals surface area contributed by atoms with Crippen molar-refractivity contribution in [1.82, 2.24) is 4.90 Å². The van der Waals surface area contributed by atoms with E-state index in [-0.39, 0.29) is 5.91 Å². The van der Waals surface area contributed by atoms with Gasteiger partial charge in [0, 0.05) is 5.56 Å². The Balaban J connectivity index is 1.60. The average molecular weight is 367 g/mol. The Morgan fingerprint density at radius 2 is 1.74 bits per heavy atom. The molecule has 1 amide bonds. The number of nitrogens with zero attached hydrogens (tertiary/aromatic N) is 1. The maximum atomic E-state index is 12.6. The van der Waals surface area contributed by atoms with Crippen LogP contribution in [0, 0.1) is 0 Å². The second-order valence-electron chi connectivity index (χ2n) is 7.03. The van der Waals surface area contributed by atoms with Crippen molar-refractivity contribution in [2.45, 2.75) is 45.6 Å². The maximum absolute atomic E-state index is 12.6. The molecular formula is C23H30N2O2. The number of carbonyl (C=O) groups excluding carboxylic acids is 1. The van der Waals surface area contributed by atoms with Gasteiger partial charge in [-0.1, -0.05) is 62.7 Å². The number of anilines is 1. The Hall–Kier alpha value is -2.33. The van der Waals surface area contributed by atoms with Gasteiger partial charge in [0.05, 0.1) is 5.69 Å². The quantitative estimate of drug-likeness (QED) is 0.647. The van der Waals surface area contributed by atoms with Crippen LogP contribution >= 0.6 is 0 Å². The minimum Gasteiger partial charge on any atom is -0.474 e. The number of hydrogen-bond acceptors (Lipinski definition) is 3. The summed E-state index contributed by atoms with van der Waals surface area (Å²) in [6, 6.07) is 15.7. The number of nitrogens with one attached hydrogen (secondary N) is 1. The highest BCUT2D eigenvalue weighted by atomic mass is 16.5. The molecule has 1 heterocycles. The van der Waals surface area contributed by atoms with E-state index >= 15 is 0 Å². The molecule has 1 aliphatic heterocycles. The van der Waals surface area contributed by atoms with Gasteiger partial charge < -0.3 is 15.0 Å². The fourth-order valence-corrected chi connectivity index (χ4v) is 3.61. The fourth-order valence-electron chi connectivity index (χ4n) is 3.61. The molecule has 0 saturated heterocycles. The molecule has 4 nitrogen and oxygen atoms in total. The summed E-state index contributed by atoms with van der Waals surface area (Å²) >= 11 is 0. The Labute approximate surface area is 162 Å². The molecule has 0 bridgehead atoms. The van der Waals surface area contributed by atoms with E-state index in [4.69, 9.17) is 4.74 Å². The molecule has 1 unspecified atom stereocenters. The van der Waals surface area contributed by atoms with Crippen molar-refractivity contribution in [3.05, 3.63) is 59.7 Å². The van der Waals surface area contributed by atoms with Gasteiger partial charge in [-0.15, -0.1) is 0 Å². The van der Waals surface area contributed by atoms with Crippen molar-refractivity contribution < 1.29 is 9.53 Å². The molecular weight excluding hydrogens is 336 g/mol. The summed E-state index contributed by atoms with van der Waals surface area (Å²) in [7, 11) is 0. The van der Waals surface area contributed by atoms with E-state index in [9.17, 15) is 4.79 Å². The average Bonchev–Trinajstić information content (AvgIpc) is 2.71. The Morgan fingerprint density at radius 3 is 2.48 bits per heavy atom. The number of benzene rings is 2. The maximum Gasteiger partial charge on any atom is 0.270 e. The van der Waals surface area contributed by atoms with Crippen LogP contribution in [0.3, 0.4) is 0 Å². The Morgan fingerprint density at radius 1 is 0.963 bits per heavy atom. The summed E-state index contributed by atoms with van der Waals surface area (Å²) in [6.07, 6.45) is 3.91. The van der Waals surface area contributed by atoms with Gasteiger partial charge in [0.25, 0.3) is 5.91 Å². The Kier molecular flexibility index (Phi) is 6.88. The van der Waals surface area contributed by atoms with E-state index in [1.54, 1.807) is 0 Å². The molecule has 2 aromatic carbocycles. The molecule has 1 N–H and O–H groups in total. The van der Waals surface area contributed by atoms with Gasteiger partial charge in [0.15, 0.2) is 0 Å². The van der Waals surface area contributed by atoms with Gasteiger partial charge in [-0.2, -0.15) is 0 Å². The molecule has 27 heavy (non-hydrogen) atoms. The van der Waals surface area contributed by atoms with Crippen molar-refractivity contribution in [1.29, 1.82) is 0 Å². The molecule has 0 saturated carbocycles. The van der Waals surface area contributed by atoms with Crippen molar-refractivity contribution in [3.63, 3.8) is 0 Å². The zero-order valence-electron chi connectivity index (χ0n) is 16.4. The molecule has 0 aromatic heterocycles. The number of amides is 1. The summed E-state index contributed by atoms with van der Waals surface area (Å²) in [5.74, 6) is 0.673. The summed E-state index contributed by atoms with van der Waals surface area (Å²) in [5, 5.41) is 3.08. The predicted octanol–water partition coefficient (Wildman–Crippen LogP) is 4.81. The van der Waals surface area contributed by atoms with Crippen LogP contribution in [-0.2, 0) is 11.2 Å². The van der Waals surface area contributed by atoms with Crippen molar-refractivity contribution in [3.8, 4) is 5.75 Å². The van der Waals surface area contributed by atoms with E-state index in [0.29, 0.717) is 0 Å². The minimum atomic E-state index is -0.581. The van der Waals surface area contributed by atoms with Crippen molar-refractivity contribution in [2.24, 2.45) is 0 Å². The second kappa shape index (κ2) is 9.56. The zero-order valence-corrected chi connectivity index (χ0v) is 16.4. The first-order chi connectivity index (χ1) is 13.2. The number of fused-ring (bicyclic) bond motifs is 1. The van der Waals surface area contributed by atoms with Crippen LogP contribution in [0.2, 0.25) is 0 Å². The minimum absolute atomic E-state index is 0.0947. The predicted molar refractivity (Wildman–Crippen MR) is 110 cm³/mol. The highest BCUT2D eigenvalue weighted by Gasteiger charge is 2.30. The summed E-state index contributed by atoms with van der Waals surface area (Å²) in [4.78, 5) is 15.0. The molecule has 0 aliphatic carbocycles. The molecule has 144 valence electrons. The Bertz CT molecular complexity index is 741. The molecule has 0 fully saturated rings. The lowest BCUT2D eigenvalue weighted by atomic mass is 10.0. The van der Waals surface area contributed by atoms with E-state index in [1.807, 2.05) is 42.5 Å². The highest BCUT2D eigenvalue weighted by Crippen LogP contribution is 2.37. The topological polar surface area (TPSA) is 41.6 Å². The lowest BCUT2D eigenvalue weighted by Crippen LogP contribution is -2.30. The number of carbonyl (C=O) groups is 1. The van der Waals surface area contributed by atoms with E-state index < -0.39 is 6.10 Å². The van der Waals surface area contributed by atoms with Gasteiger partial charge in [0.1, 0.15) is 5.75 Å². The molecule has 2 aromatic rings. The first-order valence-corrected chi connectivity index (χ1v) is 10.1. The largest absolute Gasteiger partial charge is 0.474 e. The van der Waals surface area contributed by atoms with Crippen molar-refractivity contribution >= 4 is 11.6 Å². The van der Waals surface area contributed by atoms with Crippen LogP contribution in [0.1, 0.15) is 50.3 Å². The number of hydrogen-bond donors (Lipinski definition) is 1. The smallest absolute Gasteiger partial charge is 0.270 e. The van der Waals surface area contributed by atoms with Crippen LogP contribution in [0.25, 0.3) is 0 Å². The fraction of sp³-hybridized carbons (Fsp3) is 0.435. The lowest BCUT2D eigenvalue weighted by molar-refractivity contribution is -0.123. The van der Waals surface area contributed by atoms with Crippen LogP contribution in [0.5, 0.6) is 5.75 Å². The monoisotopic (exact) mass is 366 g/mol. The van der Waals surface area contributed by atoms with E-state index in [0.717, 1.165) is 48.5 Å². The third kappa shape index (κ3) is 4.89. The van der Waals surface area contributed by atoms with Gasteiger partial charge >= 0.3 is 0 Å². The van der Waals surface area contributed by atoms with Gasteiger partial charge in [-0.3, -0.25) is 4.79 Å². The second-order valence-corrected chi connectivity index (χ2v) is 7.03. The van der Waals surface area contributed by atoms with Crippen molar-refractivity contribution in [2.75, 3.05) is 25.0 Å². The normalized spacial score (nSPS) is 16.0. The van der Waals surface area contributed by atoms with E-state index in [1.165, 1.54) is 19.4 Å². The summed E-state index contributed by atoms with van der Waals surface area (Å²) in [5.41, 5.74) is 2.89. The molecule has 0 spiro atoms. The van der Waals surface area contributed by atoms with Crippen LogP contribution < -0.4 is 10.1 Å².